The lowest BCUT2D eigenvalue weighted by atomic mass is 10.1. The van der Waals surface area contributed by atoms with E-state index in [1.54, 1.807) is 30.9 Å². The highest BCUT2D eigenvalue weighted by molar-refractivity contribution is 9.10. The first-order chi connectivity index (χ1) is 13.0. The molecule has 0 radical (unpaired) electrons. The number of fused-ring (bicyclic) bond motifs is 1. The molecule has 2 aromatic rings. The molecule has 0 N–H and O–H groups in total. The zero-order valence-corrected chi connectivity index (χ0v) is 18.6. The third kappa shape index (κ3) is 4.01. The predicted molar refractivity (Wildman–Crippen MR) is 107 cm³/mol. The van der Waals surface area contributed by atoms with Crippen LogP contribution in [0.5, 0.6) is 11.6 Å². The van der Waals surface area contributed by atoms with Gasteiger partial charge in [-0.15, -0.1) is 5.10 Å². The van der Waals surface area contributed by atoms with E-state index < -0.39 is 5.60 Å². The van der Waals surface area contributed by atoms with Crippen molar-refractivity contribution in [2.45, 2.75) is 59.7 Å². The van der Waals surface area contributed by atoms with Gasteiger partial charge in [0.05, 0.1) is 18.3 Å². The molecule has 1 unspecified atom stereocenters. The molecule has 0 saturated carbocycles. The predicted octanol–water partition coefficient (Wildman–Crippen LogP) is 5.51. The fourth-order valence-corrected chi connectivity index (χ4v) is 3.95. The molecule has 152 valence electrons. The number of ether oxygens (including phenoxy) is 2. The number of hydrogen-bond acceptors (Lipinski definition) is 4. The number of aromatic nitrogens is 2. The monoisotopic (exact) mass is 453 g/mol. The summed E-state index contributed by atoms with van der Waals surface area (Å²) in [5, 5.41) is 4.52. The van der Waals surface area contributed by atoms with Gasteiger partial charge in [0, 0.05) is 6.54 Å². The minimum absolute atomic E-state index is 0.237. The second-order valence-corrected chi connectivity index (χ2v) is 8.84. The summed E-state index contributed by atoms with van der Waals surface area (Å²) in [5.74, 6) is 0.666. The molecule has 3 rings (SSSR count). The van der Waals surface area contributed by atoms with E-state index in [1.807, 2.05) is 32.4 Å². The van der Waals surface area contributed by atoms with Gasteiger partial charge in [0.25, 0.3) is 5.88 Å². The zero-order chi connectivity index (χ0) is 20.8. The molecule has 1 atom stereocenters. The Labute approximate surface area is 172 Å². The van der Waals surface area contributed by atoms with Crippen molar-refractivity contribution in [1.29, 1.82) is 0 Å². The van der Waals surface area contributed by atoms with Crippen molar-refractivity contribution in [3.63, 3.8) is 0 Å². The molecule has 8 heteroatoms. The lowest BCUT2D eigenvalue weighted by Gasteiger charge is -2.35. The van der Waals surface area contributed by atoms with Crippen molar-refractivity contribution in [2.24, 2.45) is 0 Å². The van der Waals surface area contributed by atoms with Gasteiger partial charge in [0.2, 0.25) is 0 Å². The maximum absolute atomic E-state index is 13.9. The van der Waals surface area contributed by atoms with Gasteiger partial charge < -0.3 is 9.47 Å². The van der Waals surface area contributed by atoms with Crippen molar-refractivity contribution in [3.05, 3.63) is 39.2 Å². The summed E-state index contributed by atoms with van der Waals surface area (Å²) in [7, 11) is 0. The van der Waals surface area contributed by atoms with E-state index in [9.17, 15) is 9.18 Å². The Morgan fingerprint density at radius 1 is 1.25 bits per heavy atom. The molecule has 0 bridgehead atoms. The SMILES string of the molecule is Cc1cc(Oc2nn3c(c2Br)C(C)N(C(=O)OC(C)(C)C)CC3)cc(C)c1F. The van der Waals surface area contributed by atoms with E-state index in [4.69, 9.17) is 9.47 Å². The van der Waals surface area contributed by atoms with Crippen molar-refractivity contribution in [1.82, 2.24) is 14.7 Å². The molecule has 0 fully saturated rings. The summed E-state index contributed by atoms with van der Waals surface area (Å²) >= 11 is 3.56. The standard InChI is InChI=1S/C20H25BrFN3O3/c1-11-9-14(10-12(2)16(11)22)27-18-15(21)17-13(3)24(7-8-25(17)23-18)19(26)28-20(4,5)6/h9-10,13H,7-8H2,1-6H3. The molecule has 0 saturated heterocycles. The number of halogens is 2. The van der Waals surface area contributed by atoms with Gasteiger partial charge in [-0.3, -0.25) is 9.58 Å². The van der Waals surface area contributed by atoms with Crippen molar-refractivity contribution >= 4 is 22.0 Å². The molecule has 0 aliphatic carbocycles. The van der Waals surface area contributed by atoms with Crippen LogP contribution in [0.15, 0.2) is 16.6 Å². The zero-order valence-electron chi connectivity index (χ0n) is 17.0. The molecule has 1 aliphatic rings. The van der Waals surface area contributed by atoms with Crippen LogP contribution in [0.1, 0.15) is 50.6 Å². The van der Waals surface area contributed by atoms with Crippen LogP contribution in [0, 0.1) is 19.7 Å². The minimum Gasteiger partial charge on any atom is -0.444 e. The molecule has 6 nitrogen and oxygen atoms in total. The highest BCUT2D eigenvalue weighted by Crippen LogP contribution is 2.39. The minimum atomic E-state index is -0.557. The highest BCUT2D eigenvalue weighted by Gasteiger charge is 2.35. The van der Waals surface area contributed by atoms with Gasteiger partial charge in [-0.25, -0.2) is 9.18 Å². The Bertz CT molecular complexity index is 897. The Hall–Kier alpha value is -2.09. The van der Waals surface area contributed by atoms with Gasteiger partial charge in [-0.2, -0.15) is 0 Å². The van der Waals surface area contributed by atoms with E-state index in [0.29, 0.717) is 40.3 Å². The van der Waals surface area contributed by atoms with E-state index in [2.05, 4.69) is 21.0 Å². The maximum atomic E-state index is 13.9. The number of hydrogen-bond donors (Lipinski definition) is 0. The number of carbonyl (C=O) groups excluding carboxylic acids is 1. The van der Waals surface area contributed by atoms with Crippen LogP contribution < -0.4 is 4.74 Å². The van der Waals surface area contributed by atoms with Gasteiger partial charge in [-0.05, 0) is 80.7 Å². The number of aryl methyl sites for hydroxylation is 2. The van der Waals surface area contributed by atoms with Crippen LogP contribution in [-0.2, 0) is 11.3 Å². The van der Waals surface area contributed by atoms with Crippen LogP contribution >= 0.6 is 15.9 Å². The lowest BCUT2D eigenvalue weighted by Crippen LogP contribution is -2.43. The van der Waals surface area contributed by atoms with Crippen LogP contribution in [0.25, 0.3) is 0 Å². The fourth-order valence-electron chi connectivity index (χ4n) is 3.26. The van der Waals surface area contributed by atoms with E-state index in [1.165, 1.54) is 0 Å². The number of carbonyl (C=O) groups is 1. The molecule has 0 spiro atoms. The van der Waals surface area contributed by atoms with Gasteiger partial charge in [-0.1, -0.05) is 0 Å². The summed E-state index contributed by atoms with van der Waals surface area (Å²) in [4.78, 5) is 14.2. The van der Waals surface area contributed by atoms with E-state index in [0.717, 1.165) is 5.69 Å². The number of benzene rings is 1. The number of nitrogens with zero attached hydrogens (tertiary/aromatic N) is 3. The first kappa shape index (κ1) is 20.6. The molecular formula is C20H25BrFN3O3. The second-order valence-electron chi connectivity index (χ2n) is 8.05. The largest absolute Gasteiger partial charge is 0.444 e. The number of amides is 1. The first-order valence-corrected chi connectivity index (χ1v) is 9.97. The van der Waals surface area contributed by atoms with Crippen LogP contribution in [-0.4, -0.2) is 32.9 Å². The van der Waals surface area contributed by atoms with Crippen LogP contribution in [0.4, 0.5) is 9.18 Å². The molecule has 2 heterocycles. The average molecular weight is 454 g/mol. The Morgan fingerprint density at radius 2 is 1.86 bits per heavy atom. The molecule has 28 heavy (non-hydrogen) atoms. The topological polar surface area (TPSA) is 56.6 Å². The number of rotatable bonds is 2. The molecule has 1 aromatic heterocycles. The smallest absolute Gasteiger partial charge is 0.410 e. The van der Waals surface area contributed by atoms with Crippen LogP contribution in [0.2, 0.25) is 0 Å². The van der Waals surface area contributed by atoms with E-state index in [-0.39, 0.29) is 18.0 Å². The summed E-state index contributed by atoms with van der Waals surface area (Å²) in [6.45, 7) is 11.9. The van der Waals surface area contributed by atoms with Crippen molar-refractivity contribution in [2.75, 3.05) is 6.54 Å². The fraction of sp³-hybridized carbons (Fsp3) is 0.500. The average Bonchev–Trinajstić information content (AvgIpc) is 2.88. The van der Waals surface area contributed by atoms with E-state index >= 15 is 0 Å². The van der Waals surface area contributed by atoms with Crippen LogP contribution in [0.3, 0.4) is 0 Å². The third-order valence-electron chi connectivity index (χ3n) is 4.57. The Kier molecular flexibility index (Phi) is 5.44. The Morgan fingerprint density at radius 3 is 2.43 bits per heavy atom. The Balaban J connectivity index is 1.87. The normalized spacial score (nSPS) is 16.7. The van der Waals surface area contributed by atoms with Gasteiger partial charge in [0.15, 0.2) is 0 Å². The van der Waals surface area contributed by atoms with Crippen molar-refractivity contribution in [3.8, 4) is 11.6 Å². The molecular weight excluding hydrogens is 429 g/mol. The third-order valence-corrected chi connectivity index (χ3v) is 5.32. The van der Waals surface area contributed by atoms with Gasteiger partial charge >= 0.3 is 6.09 Å². The maximum Gasteiger partial charge on any atom is 0.410 e. The van der Waals surface area contributed by atoms with Gasteiger partial charge in [0.1, 0.15) is 21.6 Å². The molecule has 1 aromatic carbocycles. The lowest BCUT2D eigenvalue weighted by molar-refractivity contribution is 0.0119. The summed E-state index contributed by atoms with van der Waals surface area (Å²) in [6.07, 6.45) is -0.355. The molecule has 1 amide bonds. The first-order valence-electron chi connectivity index (χ1n) is 9.18. The van der Waals surface area contributed by atoms with Crippen molar-refractivity contribution < 1.29 is 18.7 Å². The molecule has 1 aliphatic heterocycles. The quantitative estimate of drug-likeness (QED) is 0.601. The summed E-state index contributed by atoms with van der Waals surface area (Å²) in [6, 6.07) is 3.05. The summed E-state index contributed by atoms with van der Waals surface area (Å²) in [5.41, 5.74) is 1.31. The second kappa shape index (κ2) is 7.39. The summed E-state index contributed by atoms with van der Waals surface area (Å²) < 4.78 is 27.8. The highest BCUT2D eigenvalue weighted by atomic mass is 79.9.